The second kappa shape index (κ2) is 11.0. The lowest BCUT2D eigenvalue weighted by atomic mass is 9.80. The van der Waals surface area contributed by atoms with E-state index in [2.05, 4.69) is 5.32 Å². The van der Waals surface area contributed by atoms with Gasteiger partial charge in [-0.3, -0.25) is 0 Å². The number of dihydropyridines is 1. The number of carbonyl (C=O) groups is 2. The van der Waals surface area contributed by atoms with E-state index >= 15 is 0 Å². The molecule has 0 saturated heterocycles. The van der Waals surface area contributed by atoms with Crippen molar-refractivity contribution in [2.75, 3.05) is 40.6 Å². The maximum absolute atomic E-state index is 12.9. The van der Waals surface area contributed by atoms with Gasteiger partial charge in [0.15, 0.2) is 0 Å². The maximum Gasteiger partial charge on any atom is 0.336 e. The Labute approximate surface area is 175 Å². The molecule has 2 rings (SSSR count). The molecule has 1 N–H and O–H groups in total. The molecule has 29 heavy (non-hydrogen) atoms. The van der Waals surface area contributed by atoms with Crippen molar-refractivity contribution >= 4 is 23.5 Å². The predicted octanol–water partition coefficient (Wildman–Crippen LogP) is 2.95. The minimum absolute atomic E-state index is 0.107. The minimum atomic E-state index is -0.654. The second-order valence-corrected chi connectivity index (χ2v) is 6.88. The number of hydrogen-bond acceptors (Lipinski definition) is 7. The van der Waals surface area contributed by atoms with Crippen LogP contribution in [0.5, 0.6) is 0 Å². The van der Waals surface area contributed by atoms with Gasteiger partial charge in [0, 0.05) is 30.6 Å². The van der Waals surface area contributed by atoms with Crippen molar-refractivity contribution in [2.45, 2.75) is 19.8 Å². The molecule has 0 atom stereocenters. The van der Waals surface area contributed by atoms with Gasteiger partial charge in [0.25, 0.3) is 0 Å². The Kier molecular flexibility index (Phi) is 8.70. The molecule has 1 aromatic rings. The highest BCUT2D eigenvalue weighted by atomic mass is 35.5. The zero-order chi connectivity index (χ0) is 21.4. The normalized spacial score (nSPS) is 14.7. The zero-order valence-corrected chi connectivity index (χ0v) is 17.8. The van der Waals surface area contributed by atoms with Gasteiger partial charge in [0.2, 0.25) is 0 Å². The Morgan fingerprint density at radius 3 is 1.72 bits per heavy atom. The predicted molar refractivity (Wildman–Crippen MR) is 108 cm³/mol. The summed E-state index contributed by atoms with van der Waals surface area (Å²) >= 11 is 6.03. The smallest absolute Gasteiger partial charge is 0.336 e. The summed E-state index contributed by atoms with van der Waals surface area (Å²) in [5.41, 5.74) is 2.63. The van der Waals surface area contributed by atoms with Crippen LogP contribution in [-0.2, 0) is 28.5 Å². The van der Waals surface area contributed by atoms with Gasteiger partial charge >= 0.3 is 11.9 Å². The summed E-state index contributed by atoms with van der Waals surface area (Å²) in [6.07, 6.45) is 0. The van der Waals surface area contributed by atoms with Gasteiger partial charge in [0.05, 0.1) is 30.3 Å². The number of hydrogen-bond donors (Lipinski definition) is 1. The molecular formula is C21H26ClNO6. The lowest BCUT2D eigenvalue weighted by molar-refractivity contribution is -0.141. The second-order valence-electron chi connectivity index (χ2n) is 6.44. The van der Waals surface area contributed by atoms with Crippen LogP contribution in [0.25, 0.3) is 0 Å². The molecule has 158 valence electrons. The van der Waals surface area contributed by atoms with Crippen molar-refractivity contribution in [1.29, 1.82) is 0 Å². The number of carbonyl (C=O) groups excluding carboxylic acids is 2. The summed E-state index contributed by atoms with van der Waals surface area (Å²) in [6, 6.07) is 6.99. The summed E-state index contributed by atoms with van der Waals surface area (Å²) in [5.74, 6) is -1.71. The highest BCUT2D eigenvalue weighted by Gasteiger charge is 2.38. The van der Waals surface area contributed by atoms with Crippen LogP contribution in [0.1, 0.15) is 25.3 Å². The molecule has 0 radical (unpaired) electrons. The third kappa shape index (κ3) is 5.82. The molecule has 0 fully saturated rings. The summed E-state index contributed by atoms with van der Waals surface area (Å²) in [6.45, 7) is 4.31. The largest absolute Gasteiger partial charge is 0.460 e. The molecule has 1 aliphatic rings. The topological polar surface area (TPSA) is 83.1 Å². The zero-order valence-electron chi connectivity index (χ0n) is 17.0. The first-order valence-corrected chi connectivity index (χ1v) is 9.54. The fourth-order valence-electron chi connectivity index (χ4n) is 3.11. The van der Waals surface area contributed by atoms with Crippen molar-refractivity contribution in [3.8, 4) is 0 Å². The number of allylic oxidation sites excluding steroid dienone is 2. The fraction of sp³-hybridized carbons (Fsp3) is 0.429. The van der Waals surface area contributed by atoms with Crippen molar-refractivity contribution in [1.82, 2.24) is 5.32 Å². The number of esters is 2. The molecule has 1 aromatic carbocycles. The van der Waals surface area contributed by atoms with Crippen molar-refractivity contribution in [3.05, 3.63) is 57.4 Å². The van der Waals surface area contributed by atoms with E-state index in [1.807, 2.05) is 0 Å². The first-order valence-electron chi connectivity index (χ1n) is 9.16. The van der Waals surface area contributed by atoms with Crippen LogP contribution in [0.2, 0.25) is 5.02 Å². The van der Waals surface area contributed by atoms with E-state index in [0.29, 0.717) is 27.6 Å². The number of nitrogens with one attached hydrogen (secondary N) is 1. The van der Waals surface area contributed by atoms with E-state index in [1.54, 1.807) is 38.1 Å². The van der Waals surface area contributed by atoms with Gasteiger partial charge in [-0.25, -0.2) is 9.59 Å². The van der Waals surface area contributed by atoms with Gasteiger partial charge in [-0.05, 0) is 31.5 Å². The standard InChI is InChI=1S/C21H26ClNO6/c1-13-17(20(24)28-11-9-26-3)19(15-5-7-16(22)8-6-15)18(14(2)23-13)21(25)29-12-10-27-4/h5-8,19,23H,9-12H2,1-4H3. The van der Waals surface area contributed by atoms with E-state index in [1.165, 1.54) is 14.2 Å². The van der Waals surface area contributed by atoms with Gasteiger partial charge in [-0.2, -0.15) is 0 Å². The Bertz CT molecular complexity index is 756. The Balaban J connectivity index is 2.45. The summed E-state index contributed by atoms with van der Waals surface area (Å²) < 4.78 is 20.6. The van der Waals surface area contributed by atoms with Crippen LogP contribution in [-0.4, -0.2) is 52.6 Å². The number of rotatable bonds is 9. The van der Waals surface area contributed by atoms with Gasteiger partial charge in [0.1, 0.15) is 13.2 Å². The molecule has 0 bridgehead atoms. The Morgan fingerprint density at radius 1 is 0.862 bits per heavy atom. The number of ether oxygens (including phenoxy) is 4. The SMILES string of the molecule is COCCOC(=O)C1=C(C)NC(C)=C(C(=O)OCCOC)C1c1ccc(Cl)cc1. The third-order valence-electron chi connectivity index (χ3n) is 4.44. The third-order valence-corrected chi connectivity index (χ3v) is 4.70. The van der Waals surface area contributed by atoms with Crippen molar-refractivity contribution < 1.29 is 28.5 Å². The molecular weight excluding hydrogens is 398 g/mol. The highest BCUT2D eigenvalue weighted by Crippen LogP contribution is 2.39. The first-order chi connectivity index (χ1) is 13.9. The van der Waals surface area contributed by atoms with Crippen molar-refractivity contribution in [3.63, 3.8) is 0 Å². The molecule has 0 saturated carbocycles. The average Bonchev–Trinajstić information content (AvgIpc) is 2.68. The molecule has 1 aliphatic heterocycles. The molecule has 1 heterocycles. The Hall–Kier alpha value is -2.35. The number of benzene rings is 1. The lowest BCUT2D eigenvalue weighted by Crippen LogP contribution is -2.33. The van der Waals surface area contributed by atoms with E-state index in [9.17, 15) is 9.59 Å². The van der Waals surface area contributed by atoms with Gasteiger partial charge < -0.3 is 24.3 Å². The Morgan fingerprint density at radius 2 is 1.31 bits per heavy atom. The molecule has 0 aromatic heterocycles. The lowest BCUT2D eigenvalue weighted by Gasteiger charge is -2.30. The molecule has 0 amide bonds. The monoisotopic (exact) mass is 423 g/mol. The first kappa shape index (κ1) is 22.9. The van der Waals surface area contributed by atoms with E-state index in [4.69, 9.17) is 30.5 Å². The highest BCUT2D eigenvalue weighted by molar-refractivity contribution is 6.30. The van der Waals surface area contributed by atoms with E-state index < -0.39 is 17.9 Å². The quantitative estimate of drug-likeness (QED) is 0.483. The van der Waals surface area contributed by atoms with Crippen molar-refractivity contribution in [2.24, 2.45) is 0 Å². The average molecular weight is 424 g/mol. The maximum atomic E-state index is 12.9. The molecule has 0 spiro atoms. The van der Waals surface area contributed by atoms with Crippen LogP contribution in [0.15, 0.2) is 46.8 Å². The van der Waals surface area contributed by atoms with E-state index in [0.717, 1.165) is 5.56 Å². The number of halogens is 1. The van der Waals surface area contributed by atoms with Crippen LogP contribution in [0, 0.1) is 0 Å². The van der Waals surface area contributed by atoms with E-state index in [-0.39, 0.29) is 26.4 Å². The van der Waals surface area contributed by atoms with Crippen LogP contribution < -0.4 is 5.32 Å². The molecule has 0 unspecified atom stereocenters. The minimum Gasteiger partial charge on any atom is -0.460 e. The van der Waals surface area contributed by atoms with Crippen LogP contribution >= 0.6 is 11.6 Å². The van der Waals surface area contributed by atoms with Crippen LogP contribution in [0.3, 0.4) is 0 Å². The fourth-order valence-corrected chi connectivity index (χ4v) is 3.24. The molecule has 8 heteroatoms. The summed E-state index contributed by atoms with van der Waals surface area (Å²) in [7, 11) is 3.05. The molecule has 0 aliphatic carbocycles. The molecule has 7 nitrogen and oxygen atoms in total. The summed E-state index contributed by atoms with van der Waals surface area (Å²) in [4.78, 5) is 25.7. The number of methoxy groups -OCH3 is 2. The summed E-state index contributed by atoms with van der Waals surface area (Å²) in [5, 5.41) is 3.66. The van der Waals surface area contributed by atoms with Crippen LogP contribution in [0.4, 0.5) is 0 Å². The van der Waals surface area contributed by atoms with Gasteiger partial charge in [-0.1, -0.05) is 23.7 Å². The van der Waals surface area contributed by atoms with Gasteiger partial charge in [-0.15, -0.1) is 0 Å².